The van der Waals surface area contributed by atoms with Gasteiger partial charge in [-0.2, -0.15) is 0 Å². The van der Waals surface area contributed by atoms with Gasteiger partial charge in [0.2, 0.25) is 0 Å². The van der Waals surface area contributed by atoms with E-state index in [2.05, 4.69) is 50.5 Å². The van der Waals surface area contributed by atoms with E-state index in [1.807, 2.05) is 0 Å². The second-order valence-electron chi connectivity index (χ2n) is 4.70. The smallest absolute Gasteiger partial charge is 0.0171 e. The molecule has 3 unspecified atom stereocenters. The van der Waals surface area contributed by atoms with E-state index in [0.717, 1.165) is 22.6 Å². The summed E-state index contributed by atoms with van der Waals surface area (Å²) in [6, 6.07) is 0. The minimum Gasteiger partial charge on any atom is -0.0888 e. The average Bonchev–Trinajstić information content (AvgIpc) is 2.11. The van der Waals surface area contributed by atoms with E-state index in [9.17, 15) is 0 Å². The summed E-state index contributed by atoms with van der Waals surface area (Å²) in [4.78, 5) is 0.721. The molecular weight excluding hydrogens is 224 g/mol. The molecule has 0 heterocycles. The lowest BCUT2D eigenvalue weighted by Gasteiger charge is -2.20. The maximum absolute atomic E-state index is 3.78. The van der Waals surface area contributed by atoms with Crippen LogP contribution in [0.3, 0.4) is 0 Å². The molecular formula is C12H25Br. The van der Waals surface area contributed by atoms with Gasteiger partial charge in [-0.15, -0.1) is 0 Å². The van der Waals surface area contributed by atoms with Crippen LogP contribution in [0.4, 0.5) is 0 Å². The zero-order chi connectivity index (χ0) is 10.4. The minimum absolute atomic E-state index is 0.721. The molecule has 0 rings (SSSR count). The van der Waals surface area contributed by atoms with Gasteiger partial charge < -0.3 is 0 Å². The highest BCUT2D eigenvalue weighted by atomic mass is 79.9. The fraction of sp³-hybridized carbons (Fsp3) is 1.00. The lowest BCUT2D eigenvalue weighted by Crippen LogP contribution is -2.13. The Morgan fingerprint density at radius 3 is 1.85 bits per heavy atom. The predicted molar refractivity (Wildman–Crippen MR) is 65.4 cm³/mol. The first-order chi connectivity index (χ1) is 5.99. The summed E-state index contributed by atoms with van der Waals surface area (Å²) in [7, 11) is 0. The Morgan fingerprint density at radius 2 is 1.46 bits per heavy atom. The molecule has 80 valence electrons. The van der Waals surface area contributed by atoms with Gasteiger partial charge in [-0.05, 0) is 30.6 Å². The third-order valence-electron chi connectivity index (χ3n) is 3.30. The maximum atomic E-state index is 3.78. The quantitative estimate of drug-likeness (QED) is 0.589. The highest BCUT2D eigenvalue weighted by molar-refractivity contribution is 9.09. The molecule has 0 bridgehead atoms. The van der Waals surface area contributed by atoms with E-state index in [0.29, 0.717) is 0 Å². The molecule has 0 saturated carbocycles. The molecule has 0 spiro atoms. The lowest BCUT2D eigenvalue weighted by atomic mass is 9.90. The van der Waals surface area contributed by atoms with Crippen molar-refractivity contribution in [2.45, 2.75) is 58.7 Å². The standard InChI is InChI=1S/C12H25Br/c1-6-10(4)12(13)8-7-11(5)9(2)3/h9-12H,6-8H2,1-5H3. The molecule has 0 fully saturated rings. The Hall–Kier alpha value is 0.480. The third-order valence-corrected chi connectivity index (χ3v) is 4.66. The molecule has 0 aromatic carbocycles. The van der Waals surface area contributed by atoms with Crippen LogP contribution < -0.4 is 0 Å². The van der Waals surface area contributed by atoms with Gasteiger partial charge in [0.1, 0.15) is 0 Å². The molecule has 0 nitrogen and oxygen atoms in total. The van der Waals surface area contributed by atoms with Crippen molar-refractivity contribution in [2.75, 3.05) is 0 Å². The monoisotopic (exact) mass is 248 g/mol. The van der Waals surface area contributed by atoms with E-state index in [1.165, 1.54) is 19.3 Å². The van der Waals surface area contributed by atoms with Crippen molar-refractivity contribution in [1.82, 2.24) is 0 Å². The highest BCUT2D eigenvalue weighted by Gasteiger charge is 2.14. The van der Waals surface area contributed by atoms with Crippen molar-refractivity contribution in [2.24, 2.45) is 17.8 Å². The molecule has 13 heavy (non-hydrogen) atoms. The zero-order valence-electron chi connectivity index (χ0n) is 9.81. The van der Waals surface area contributed by atoms with Crippen molar-refractivity contribution >= 4 is 15.9 Å². The van der Waals surface area contributed by atoms with Gasteiger partial charge in [0.25, 0.3) is 0 Å². The number of rotatable bonds is 6. The largest absolute Gasteiger partial charge is 0.0888 e. The fourth-order valence-electron chi connectivity index (χ4n) is 1.30. The number of alkyl halides is 1. The average molecular weight is 249 g/mol. The van der Waals surface area contributed by atoms with Crippen LogP contribution in [0.2, 0.25) is 0 Å². The molecule has 0 aliphatic heterocycles. The molecule has 0 saturated heterocycles. The van der Waals surface area contributed by atoms with E-state index >= 15 is 0 Å². The van der Waals surface area contributed by atoms with Gasteiger partial charge in [0, 0.05) is 4.83 Å². The van der Waals surface area contributed by atoms with Crippen LogP contribution in [0, 0.1) is 17.8 Å². The number of hydrogen-bond donors (Lipinski definition) is 0. The van der Waals surface area contributed by atoms with Crippen LogP contribution in [0.25, 0.3) is 0 Å². The van der Waals surface area contributed by atoms with Gasteiger partial charge in [0.05, 0.1) is 0 Å². The second kappa shape index (κ2) is 6.86. The zero-order valence-corrected chi connectivity index (χ0v) is 11.4. The van der Waals surface area contributed by atoms with E-state index in [1.54, 1.807) is 0 Å². The summed E-state index contributed by atoms with van der Waals surface area (Å²) in [5.74, 6) is 2.51. The Balaban J connectivity index is 3.63. The predicted octanol–water partition coefficient (Wildman–Crippen LogP) is 4.87. The van der Waals surface area contributed by atoms with Crippen LogP contribution in [-0.4, -0.2) is 4.83 Å². The second-order valence-corrected chi connectivity index (χ2v) is 5.88. The molecule has 0 radical (unpaired) electrons. The summed E-state index contributed by atoms with van der Waals surface area (Å²) < 4.78 is 0. The minimum atomic E-state index is 0.721. The normalized spacial score (nSPS) is 18.7. The molecule has 0 aromatic heterocycles. The maximum Gasteiger partial charge on any atom is 0.0171 e. The molecule has 0 aliphatic rings. The van der Waals surface area contributed by atoms with Crippen LogP contribution >= 0.6 is 15.9 Å². The van der Waals surface area contributed by atoms with Gasteiger partial charge in [-0.25, -0.2) is 0 Å². The molecule has 0 N–H and O–H groups in total. The Kier molecular flexibility index (Phi) is 7.12. The summed E-state index contributed by atoms with van der Waals surface area (Å²) in [6.07, 6.45) is 3.97. The van der Waals surface area contributed by atoms with E-state index in [-0.39, 0.29) is 0 Å². The molecule has 0 amide bonds. The number of halogens is 1. The summed E-state index contributed by atoms with van der Waals surface area (Å²) in [5.41, 5.74) is 0. The molecule has 3 atom stereocenters. The van der Waals surface area contributed by atoms with E-state index < -0.39 is 0 Å². The van der Waals surface area contributed by atoms with Crippen molar-refractivity contribution in [1.29, 1.82) is 0 Å². The highest BCUT2D eigenvalue weighted by Crippen LogP contribution is 2.25. The van der Waals surface area contributed by atoms with Crippen molar-refractivity contribution in [3.05, 3.63) is 0 Å². The molecule has 0 aliphatic carbocycles. The Labute approximate surface area is 92.6 Å². The van der Waals surface area contributed by atoms with Crippen molar-refractivity contribution < 1.29 is 0 Å². The number of hydrogen-bond acceptors (Lipinski definition) is 0. The molecule has 1 heteroatoms. The van der Waals surface area contributed by atoms with Crippen LogP contribution in [0.1, 0.15) is 53.9 Å². The Morgan fingerprint density at radius 1 is 0.923 bits per heavy atom. The van der Waals surface area contributed by atoms with Gasteiger partial charge in [-0.3, -0.25) is 0 Å². The lowest BCUT2D eigenvalue weighted by molar-refractivity contribution is 0.366. The van der Waals surface area contributed by atoms with Crippen LogP contribution in [-0.2, 0) is 0 Å². The first-order valence-corrected chi connectivity index (χ1v) is 6.54. The van der Waals surface area contributed by atoms with Gasteiger partial charge >= 0.3 is 0 Å². The van der Waals surface area contributed by atoms with Gasteiger partial charge in [0.15, 0.2) is 0 Å². The van der Waals surface area contributed by atoms with Crippen molar-refractivity contribution in [3.63, 3.8) is 0 Å². The SMILES string of the molecule is CCC(C)C(Br)CCC(C)C(C)C. The first-order valence-electron chi connectivity index (χ1n) is 5.63. The third kappa shape index (κ3) is 5.72. The van der Waals surface area contributed by atoms with E-state index in [4.69, 9.17) is 0 Å². The summed E-state index contributed by atoms with van der Waals surface area (Å²) >= 11 is 3.78. The van der Waals surface area contributed by atoms with Crippen LogP contribution in [0.5, 0.6) is 0 Å². The van der Waals surface area contributed by atoms with Crippen LogP contribution in [0.15, 0.2) is 0 Å². The van der Waals surface area contributed by atoms with Crippen molar-refractivity contribution in [3.8, 4) is 0 Å². The molecule has 0 aromatic rings. The topological polar surface area (TPSA) is 0 Å². The first kappa shape index (κ1) is 13.5. The van der Waals surface area contributed by atoms with Gasteiger partial charge in [-0.1, -0.05) is 57.0 Å². The fourth-order valence-corrected chi connectivity index (χ4v) is 1.93. The summed E-state index contributed by atoms with van der Waals surface area (Å²) in [5, 5.41) is 0. The summed E-state index contributed by atoms with van der Waals surface area (Å²) in [6.45, 7) is 11.6. The Bertz CT molecular complexity index is 120.